The summed E-state index contributed by atoms with van der Waals surface area (Å²) in [7, 11) is 0. The van der Waals surface area contributed by atoms with Gasteiger partial charge in [-0.1, -0.05) is 219 Å². The number of fused-ring (bicyclic) bond motifs is 16. The van der Waals surface area contributed by atoms with Gasteiger partial charge in [-0.05, 0) is 189 Å². The van der Waals surface area contributed by atoms with E-state index in [0.29, 0.717) is 0 Å². The van der Waals surface area contributed by atoms with E-state index >= 15 is 0 Å². The Hall–Kier alpha value is -10.3. The first-order valence-corrected chi connectivity index (χ1v) is 35.1. The lowest BCUT2D eigenvalue weighted by Gasteiger charge is -2.46. The topological polar surface area (TPSA) is 31.6 Å². The fraction of sp³-hybridized carbons (Fsp3) is 0.209. The van der Waals surface area contributed by atoms with E-state index in [9.17, 15) is 0 Å². The van der Waals surface area contributed by atoms with E-state index < -0.39 is 5.41 Å². The number of allylic oxidation sites excluding steroid dienone is 3. The largest absolute Gasteiger partial charge is 0.489 e. The van der Waals surface area contributed by atoms with Crippen molar-refractivity contribution in [2.24, 2.45) is 0 Å². The maximum Gasteiger partial charge on any atom is 0.247 e. The average molecular weight is 1260 g/mol. The van der Waals surface area contributed by atoms with Gasteiger partial charge in [0.15, 0.2) is 0 Å². The van der Waals surface area contributed by atoms with E-state index in [2.05, 4.69) is 326 Å². The molecule has 4 unspecified atom stereocenters. The van der Waals surface area contributed by atoms with Crippen molar-refractivity contribution in [3.63, 3.8) is 0 Å². The monoisotopic (exact) mass is 1260 g/mol. The molecular weight excluding hydrogens is 1180 g/mol. The fourth-order valence-corrected chi connectivity index (χ4v) is 17.7. The van der Waals surface area contributed by atoms with Crippen LogP contribution in [0.2, 0.25) is 0 Å². The smallest absolute Gasteiger partial charge is 0.247 e. The average Bonchev–Trinajstić information content (AvgIpc) is 1.34. The quantitative estimate of drug-likeness (QED) is 0.123. The van der Waals surface area contributed by atoms with Crippen molar-refractivity contribution in [1.82, 2.24) is 9.13 Å². The normalized spacial score (nSPS) is 18.4. The summed E-state index contributed by atoms with van der Waals surface area (Å²) in [4.78, 5) is 2.75. The van der Waals surface area contributed by atoms with Gasteiger partial charge in [-0.15, -0.1) is 0 Å². The van der Waals surface area contributed by atoms with Gasteiger partial charge in [0.05, 0.1) is 27.8 Å². The summed E-state index contributed by atoms with van der Waals surface area (Å²) in [5.74, 6) is 2.25. The third-order valence-electron chi connectivity index (χ3n) is 22.7. The van der Waals surface area contributed by atoms with Crippen molar-refractivity contribution in [1.29, 1.82) is 0 Å². The molecule has 2 aliphatic carbocycles. The highest BCUT2D eigenvalue weighted by Gasteiger charge is 2.48. The van der Waals surface area contributed by atoms with Crippen LogP contribution in [0.4, 0.5) is 17.1 Å². The molecule has 6 aliphatic rings. The molecule has 6 heteroatoms. The molecule has 6 heterocycles. The molecule has 5 nitrogen and oxygen atoms in total. The Kier molecular flexibility index (Phi) is 12.5. The Morgan fingerprint density at radius 2 is 1.03 bits per heavy atom. The summed E-state index contributed by atoms with van der Waals surface area (Å²) in [6.07, 6.45) is 15.7. The van der Waals surface area contributed by atoms with Crippen LogP contribution in [0.5, 0.6) is 11.5 Å². The molecule has 0 radical (unpaired) electrons. The highest BCUT2D eigenvalue weighted by Crippen LogP contribution is 2.55. The standard InChI is InChI=1S/C91H78BN3O2/c1-53-30-36-67-65-20-11-15-26-77(65)93(79(67)42-53)61-34-38-75-73(51-61)91(9,10)74-48-58(57-44-59(89(3,4)5)50-60(45-57)90(6,7)8)49-82-87(74)92(75)76-39-35-62(94-78-27-16-12-21-66(78)68-37-31-54(2)43-80(68)94)52-81(76)95(82)88-63(55-32-40-85-71(46-55)69-22-13-17-28-83(69)96-85)24-19-25-64(88)56-33-41-86-72(47-56)70-23-14-18-29-84(70)97-86/h11-17,19-28,30-52,69-70,83-84H,18,29H2,1-10H3. The minimum absolute atomic E-state index is 0.0420. The second-order valence-electron chi connectivity index (χ2n) is 31.2. The molecule has 4 aliphatic heterocycles. The van der Waals surface area contributed by atoms with Crippen molar-refractivity contribution in [2.75, 3.05) is 4.90 Å². The number of para-hydroxylation sites is 3. The van der Waals surface area contributed by atoms with Crippen LogP contribution in [0.1, 0.15) is 125 Å². The van der Waals surface area contributed by atoms with Crippen LogP contribution in [-0.2, 0) is 16.2 Å². The number of nitrogens with zero attached hydrogens (tertiary/aromatic N) is 3. The highest BCUT2D eigenvalue weighted by atomic mass is 16.5. The van der Waals surface area contributed by atoms with E-state index in [-0.39, 0.29) is 41.6 Å². The predicted molar refractivity (Wildman–Crippen MR) is 407 cm³/mol. The lowest BCUT2D eigenvalue weighted by molar-refractivity contribution is 0.204. The zero-order chi connectivity index (χ0) is 65.7. The number of rotatable bonds is 6. The summed E-state index contributed by atoms with van der Waals surface area (Å²) >= 11 is 0. The van der Waals surface area contributed by atoms with E-state index in [1.165, 1.54) is 127 Å². The lowest BCUT2D eigenvalue weighted by atomic mass is 9.30. The molecule has 472 valence electrons. The van der Waals surface area contributed by atoms with Crippen LogP contribution in [-0.4, -0.2) is 28.1 Å². The number of ether oxygens (including phenoxy) is 2. The third-order valence-corrected chi connectivity index (χ3v) is 22.7. The number of hydrogen-bond acceptors (Lipinski definition) is 3. The van der Waals surface area contributed by atoms with Crippen LogP contribution in [0.25, 0.3) is 88.4 Å². The zero-order valence-electron chi connectivity index (χ0n) is 57.1. The van der Waals surface area contributed by atoms with Gasteiger partial charge < -0.3 is 23.5 Å². The van der Waals surface area contributed by atoms with Crippen molar-refractivity contribution in [3.8, 4) is 56.3 Å². The minimum Gasteiger partial charge on any atom is -0.489 e. The van der Waals surface area contributed by atoms with Crippen LogP contribution in [0.15, 0.2) is 243 Å². The Morgan fingerprint density at radius 1 is 0.454 bits per heavy atom. The van der Waals surface area contributed by atoms with Gasteiger partial charge in [-0.3, -0.25) is 0 Å². The zero-order valence-corrected chi connectivity index (χ0v) is 57.1. The first-order chi connectivity index (χ1) is 46.9. The molecule has 11 aromatic carbocycles. The Balaban J connectivity index is 0.948. The molecule has 0 spiro atoms. The van der Waals surface area contributed by atoms with Gasteiger partial charge >= 0.3 is 0 Å². The summed E-state index contributed by atoms with van der Waals surface area (Å²) in [6.45, 7) is 23.5. The summed E-state index contributed by atoms with van der Waals surface area (Å²) in [5, 5.41) is 5.02. The second kappa shape index (κ2) is 20.9. The molecule has 0 amide bonds. The van der Waals surface area contributed by atoms with E-state index in [1.54, 1.807) is 0 Å². The van der Waals surface area contributed by atoms with Gasteiger partial charge in [0.1, 0.15) is 23.7 Å². The van der Waals surface area contributed by atoms with E-state index in [0.717, 1.165) is 63.7 Å². The number of aromatic nitrogens is 2. The summed E-state index contributed by atoms with van der Waals surface area (Å²) < 4.78 is 18.6. The van der Waals surface area contributed by atoms with Gasteiger partial charge in [-0.25, -0.2) is 0 Å². The molecule has 0 saturated heterocycles. The van der Waals surface area contributed by atoms with Crippen LogP contribution in [0.3, 0.4) is 0 Å². The fourth-order valence-electron chi connectivity index (χ4n) is 17.7. The Labute approximate surface area is 569 Å². The predicted octanol–water partition coefficient (Wildman–Crippen LogP) is 21.2. The van der Waals surface area contributed by atoms with E-state index in [4.69, 9.17) is 9.47 Å². The van der Waals surface area contributed by atoms with E-state index in [1.807, 2.05) is 0 Å². The molecule has 0 bridgehead atoms. The Bertz CT molecular complexity index is 5610. The minimum atomic E-state index is -0.486. The molecule has 0 N–H and O–H groups in total. The molecule has 0 saturated carbocycles. The summed E-state index contributed by atoms with van der Waals surface area (Å²) in [6, 6.07) is 80.7. The van der Waals surface area contributed by atoms with Crippen LogP contribution < -0.4 is 30.8 Å². The lowest BCUT2D eigenvalue weighted by Crippen LogP contribution is -2.64. The van der Waals surface area contributed by atoms with Gasteiger partial charge in [0, 0.05) is 83.8 Å². The van der Waals surface area contributed by atoms with Crippen molar-refractivity contribution >= 4 is 83.8 Å². The molecule has 97 heavy (non-hydrogen) atoms. The molecule has 13 aromatic rings. The van der Waals surface area contributed by atoms with Crippen LogP contribution >= 0.6 is 0 Å². The molecular formula is C91H78BN3O2. The number of aryl methyl sites for hydroxylation is 2. The summed E-state index contributed by atoms with van der Waals surface area (Å²) in [5.41, 5.74) is 31.2. The van der Waals surface area contributed by atoms with Crippen molar-refractivity contribution in [3.05, 3.63) is 287 Å². The van der Waals surface area contributed by atoms with Crippen molar-refractivity contribution in [2.45, 2.75) is 122 Å². The number of anilines is 3. The molecule has 2 aromatic heterocycles. The van der Waals surface area contributed by atoms with Gasteiger partial charge in [-0.2, -0.15) is 0 Å². The SMILES string of the molecule is Cc1ccc2c3ccccc3n(-c3ccc4c(c3)N(c3c(-c5ccc6c(c5)C5C=CC=CC5O6)cccc3-c3ccc5c(c3)C3C=CCCC3O5)c3cc(-c5cc(C(C)(C)C)cc(C(C)(C)C)c5)cc5c3B4c3ccc(-n4c6ccccc6c6ccc(C)cc64)cc3C5(C)C)c2c1. The Morgan fingerprint density at radius 3 is 1.68 bits per heavy atom. The molecule has 19 rings (SSSR count). The molecule has 0 fully saturated rings. The first-order valence-electron chi connectivity index (χ1n) is 35.1. The van der Waals surface area contributed by atoms with Gasteiger partial charge in [0.2, 0.25) is 6.71 Å². The van der Waals surface area contributed by atoms with Gasteiger partial charge in [0.25, 0.3) is 0 Å². The van der Waals surface area contributed by atoms with Crippen LogP contribution in [0, 0.1) is 13.8 Å². The number of hydrogen-bond donors (Lipinski definition) is 0. The highest BCUT2D eigenvalue weighted by molar-refractivity contribution is 6.99. The maximum absolute atomic E-state index is 6.83. The second-order valence-corrected chi connectivity index (χ2v) is 31.2. The maximum atomic E-state index is 6.83. The van der Waals surface area contributed by atoms with Crippen molar-refractivity contribution < 1.29 is 9.47 Å². The molecule has 4 atom stereocenters. The number of benzene rings is 11. The first kappa shape index (κ1) is 58.1. The third kappa shape index (κ3) is 8.77.